The molecule has 0 amide bonds. The molecule has 1 heterocycles. The lowest BCUT2D eigenvalue weighted by molar-refractivity contribution is 0.102. The summed E-state index contributed by atoms with van der Waals surface area (Å²) >= 11 is 3.57. The summed E-state index contributed by atoms with van der Waals surface area (Å²) in [5.41, 5.74) is 4.23. The van der Waals surface area contributed by atoms with Crippen molar-refractivity contribution in [1.82, 2.24) is 0 Å². The lowest BCUT2D eigenvalue weighted by atomic mass is 9.76. The van der Waals surface area contributed by atoms with Crippen LogP contribution in [0.15, 0.2) is 131 Å². The summed E-state index contributed by atoms with van der Waals surface area (Å²) in [6, 6.07) is 40.0. The topological polar surface area (TPSA) is 26.3 Å². The number of ether oxygens (including phenoxy) is 1. The molecule has 168 valence electrons. The molecule has 0 fully saturated rings. The standard InChI is InChI=1S/C32H21BrO2/c33-25-18-15-22(16-19-25)28-29-26-14-8-7-9-21(26)17-20-27(29)35-32(24-12-5-2-6-13-24)30(28)31(34)23-10-3-1-4-11-23/h1-20,28H. The number of carbonyl (C=O) groups excluding carboxylic acids is 1. The molecule has 0 saturated carbocycles. The van der Waals surface area contributed by atoms with Crippen molar-refractivity contribution in [3.8, 4) is 5.75 Å². The molecular weight excluding hydrogens is 496 g/mol. The maximum atomic E-state index is 14.2. The molecular formula is C32H21BrO2. The number of carbonyl (C=O) groups is 1. The van der Waals surface area contributed by atoms with Gasteiger partial charge >= 0.3 is 0 Å². The van der Waals surface area contributed by atoms with Crippen LogP contribution in [0.1, 0.15) is 33.0 Å². The predicted octanol–water partition coefficient (Wildman–Crippen LogP) is 8.42. The van der Waals surface area contributed by atoms with E-state index in [1.54, 1.807) is 0 Å². The Morgan fingerprint density at radius 2 is 1.34 bits per heavy atom. The fraction of sp³-hybridized carbons (Fsp3) is 0.0312. The van der Waals surface area contributed by atoms with Crippen molar-refractivity contribution in [2.24, 2.45) is 0 Å². The van der Waals surface area contributed by atoms with Crippen molar-refractivity contribution in [3.05, 3.63) is 154 Å². The molecule has 1 aliphatic rings. The third-order valence-corrected chi connectivity index (χ3v) is 7.01. The van der Waals surface area contributed by atoms with Crippen molar-refractivity contribution in [3.63, 3.8) is 0 Å². The van der Waals surface area contributed by atoms with Gasteiger partial charge in [0.1, 0.15) is 11.5 Å². The summed E-state index contributed by atoms with van der Waals surface area (Å²) in [4.78, 5) is 14.2. The van der Waals surface area contributed by atoms with Gasteiger partial charge in [0.15, 0.2) is 5.78 Å². The Morgan fingerprint density at radius 1 is 0.686 bits per heavy atom. The summed E-state index contributed by atoms with van der Waals surface area (Å²) in [5.74, 6) is 1.06. The molecule has 1 atom stereocenters. The number of halogens is 1. The number of benzene rings is 5. The average Bonchev–Trinajstić information content (AvgIpc) is 2.93. The van der Waals surface area contributed by atoms with E-state index in [-0.39, 0.29) is 11.7 Å². The molecule has 1 unspecified atom stereocenters. The van der Waals surface area contributed by atoms with Crippen LogP contribution in [0, 0.1) is 0 Å². The van der Waals surface area contributed by atoms with Gasteiger partial charge in [-0.15, -0.1) is 0 Å². The van der Waals surface area contributed by atoms with E-state index in [1.165, 1.54) is 0 Å². The van der Waals surface area contributed by atoms with E-state index in [2.05, 4.69) is 46.3 Å². The Bertz CT molecular complexity index is 1570. The van der Waals surface area contributed by atoms with E-state index in [4.69, 9.17) is 4.74 Å². The van der Waals surface area contributed by atoms with E-state index in [0.29, 0.717) is 16.9 Å². The molecule has 6 rings (SSSR count). The molecule has 3 heteroatoms. The van der Waals surface area contributed by atoms with Crippen LogP contribution in [0.25, 0.3) is 16.5 Å². The van der Waals surface area contributed by atoms with Crippen LogP contribution in [-0.4, -0.2) is 5.78 Å². The van der Waals surface area contributed by atoms with Gasteiger partial charge < -0.3 is 4.74 Å². The third kappa shape index (κ3) is 3.88. The average molecular weight is 517 g/mol. The van der Waals surface area contributed by atoms with Gasteiger partial charge in [0.05, 0.1) is 5.57 Å². The van der Waals surface area contributed by atoms with Gasteiger partial charge in [-0.25, -0.2) is 0 Å². The van der Waals surface area contributed by atoms with Crippen molar-refractivity contribution >= 4 is 38.2 Å². The predicted molar refractivity (Wildman–Crippen MR) is 145 cm³/mol. The number of allylic oxidation sites excluding steroid dienone is 1. The van der Waals surface area contributed by atoms with Crippen molar-refractivity contribution in [1.29, 1.82) is 0 Å². The Balaban J connectivity index is 1.70. The van der Waals surface area contributed by atoms with Gasteiger partial charge in [-0.05, 0) is 34.5 Å². The molecule has 1 aliphatic heterocycles. The number of Topliss-reactive ketones (excluding diaryl/α,β-unsaturated/α-hetero) is 1. The first-order valence-electron chi connectivity index (χ1n) is 11.5. The summed E-state index contributed by atoms with van der Waals surface area (Å²) in [6.45, 7) is 0. The number of hydrogen-bond donors (Lipinski definition) is 0. The van der Waals surface area contributed by atoms with Crippen molar-refractivity contribution in [2.45, 2.75) is 5.92 Å². The maximum absolute atomic E-state index is 14.2. The Morgan fingerprint density at radius 3 is 2.09 bits per heavy atom. The largest absolute Gasteiger partial charge is 0.456 e. The summed E-state index contributed by atoms with van der Waals surface area (Å²) < 4.78 is 7.60. The SMILES string of the molecule is O=C(C1=C(c2ccccc2)Oc2ccc3ccccc3c2C1c1ccc(Br)cc1)c1ccccc1. The smallest absolute Gasteiger partial charge is 0.193 e. The van der Waals surface area contributed by atoms with E-state index < -0.39 is 0 Å². The van der Waals surface area contributed by atoms with E-state index >= 15 is 0 Å². The summed E-state index contributed by atoms with van der Waals surface area (Å²) in [7, 11) is 0. The fourth-order valence-electron chi connectivity index (χ4n) is 4.87. The minimum atomic E-state index is -0.291. The van der Waals surface area contributed by atoms with Crippen LogP contribution >= 0.6 is 15.9 Å². The first kappa shape index (κ1) is 21.6. The highest BCUT2D eigenvalue weighted by atomic mass is 79.9. The van der Waals surface area contributed by atoms with Gasteiger partial charge in [0, 0.05) is 27.1 Å². The lowest BCUT2D eigenvalue weighted by Gasteiger charge is -2.32. The van der Waals surface area contributed by atoms with Crippen LogP contribution in [0.3, 0.4) is 0 Å². The monoisotopic (exact) mass is 516 g/mol. The lowest BCUT2D eigenvalue weighted by Crippen LogP contribution is -2.22. The zero-order valence-corrected chi connectivity index (χ0v) is 20.4. The second kappa shape index (κ2) is 9.01. The number of hydrogen-bond acceptors (Lipinski definition) is 2. The van der Waals surface area contributed by atoms with Crippen molar-refractivity contribution < 1.29 is 9.53 Å². The number of rotatable bonds is 4. The minimum Gasteiger partial charge on any atom is -0.456 e. The molecule has 0 spiro atoms. The van der Waals surface area contributed by atoms with Crippen LogP contribution in [-0.2, 0) is 0 Å². The molecule has 0 aromatic heterocycles. The van der Waals surface area contributed by atoms with Gasteiger partial charge in [-0.2, -0.15) is 0 Å². The highest BCUT2D eigenvalue weighted by molar-refractivity contribution is 9.10. The van der Waals surface area contributed by atoms with Gasteiger partial charge in [-0.3, -0.25) is 4.79 Å². The Kier molecular flexibility index (Phi) is 5.55. The second-order valence-electron chi connectivity index (χ2n) is 8.59. The highest BCUT2D eigenvalue weighted by Crippen LogP contribution is 2.49. The third-order valence-electron chi connectivity index (χ3n) is 6.48. The maximum Gasteiger partial charge on any atom is 0.193 e. The van der Waals surface area contributed by atoms with Crippen LogP contribution in [0.4, 0.5) is 0 Å². The summed E-state index contributed by atoms with van der Waals surface area (Å²) in [6.07, 6.45) is 0. The Labute approximate surface area is 212 Å². The highest BCUT2D eigenvalue weighted by Gasteiger charge is 2.37. The fourth-order valence-corrected chi connectivity index (χ4v) is 5.14. The van der Waals surface area contributed by atoms with Crippen LogP contribution < -0.4 is 4.74 Å². The first-order chi connectivity index (χ1) is 17.2. The number of fused-ring (bicyclic) bond motifs is 3. The molecule has 0 saturated heterocycles. The van der Waals surface area contributed by atoms with E-state index in [9.17, 15) is 4.79 Å². The van der Waals surface area contributed by atoms with Gasteiger partial charge in [-0.1, -0.05) is 119 Å². The normalized spacial score (nSPS) is 14.9. The molecule has 35 heavy (non-hydrogen) atoms. The summed E-state index contributed by atoms with van der Waals surface area (Å²) in [5, 5.41) is 2.20. The molecule has 0 N–H and O–H groups in total. The molecule has 0 radical (unpaired) electrons. The molecule has 5 aromatic carbocycles. The van der Waals surface area contributed by atoms with Crippen LogP contribution in [0.2, 0.25) is 0 Å². The van der Waals surface area contributed by atoms with E-state index in [1.807, 2.05) is 91.0 Å². The Hall–Kier alpha value is -3.95. The van der Waals surface area contributed by atoms with Gasteiger partial charge in [0.2, 0.25) is 0 Å². The second-order valence-corrected chi connectivity index (χ2v) is 9.50. The first-order valence-corrected chi connectivity index (χ1v) is 12.3. The molecule has 2 nitrogen and oxygen atoms in total. The zero-order valence-electron chi connectivity index (χ0n) is 18.8. The van der Waals surface area contributed by atoms with Crippen LogP contribution in [0.5, 0.6) is 5.75 Å². The molecule has 5 aromatic rings. The van der Waals surface area contributed by atoms with E-state index in [0.717, 1.165) is 37.7 Å². The minimum absolute atomic E-state index is 0.0315. The zero-order chi connectivity index (χ0) is 23.8. The quantitative estimate of drug-likeness (QED) is 0.224. The number of ketones is 1. The molecule has 0 bridgehead atoms. The van der Waals surface area contributed by atoms with Crippen molar-refractivity contribution in [2.75, 3.05) is 0 Å². The molecule has 0 aliphatic carbocycles. The van der Waals surface area contributed by atoms with Gasteiger partial charge in [0.25, 0.3) is 0 Å².